The van der Waals surface area contributed by atoms with Crippen LogP contribution < -0.4 is 10.5 Å². The zero-order valence-corrected chi connectivity index (χ0v) is 7.95. The summed E-state index contributed by atoms with van der Waals surface area (Å²) < 4.78 is 30.5. The van der Waals surface area contributed by atoms with E-state index in [1.165, 1.54) is 6.92 Å². The van der Waals surface area contributed by atoms with Gasteiger partial charge in [0, 0.05) is 18.2 Å². The van der Waals surface area contributed by atoms with Crippen LogP contribution in [-0.4, -0.2) is 17.1 Å². The lowest BCUT2D eigenvalue weighted by molar-refractivity contribution is 0.264. The highest BCUT2D eigenvalue weighted by Crippen LogP contribution is 2.16. The first-order valence-corrected chi connectivity index (χ1v) is 4.13. The molecular formula is C9H10F2N2O2. The van der Waals surface area contributed by atoms with E-state index in [0.717, 1.165) is 18.2 Å². The normalized spacial score (nSPS) is 13.7. The minimum Gasteiger partial charge on any atom is -0.482 e. The summed E-state index contributed by atoms with van der Waals surface area (Å²) in [5.74, 6) is -1.71. The first-order chi connectivity index (χ1) is 7.02. The zero-order valence-electron chi connectivity index (χ0n) is 7.95. The van der Waals surface area contributed by atoms with E-state index in [2.05, 4.69) is 5.16 Å². The van der Waals surface area contributed by atoms with Gasteiger partial charge in [0.1, 0.15) is 17.4 Å². The van der Waals surface area contributed by atoms with Crippen LogP contribution in [0.2, 0.25) is 0 Å². The van der Waals surface area contributed by atoms with E-state index in [4.69, 9.17) is 15.7 Å². The molecule has 0 fully saturated rings. The van der Waals surface area contributed by atoms with Crippen LogP contribution in [0.3, 0.4) is 0 Å². The molecule has 1 atom stereocenters. The fraction of sp³-hybridized carbons (Fsp3) is 0.222. The second kappa shape index (κ2) is 4.59. The monoisotopic (exact) mass is 216 g/mol. The Hall–Kier alpha value is -1.85. The fourth-order valence-electron chi connectivity index (χ4n) is 0.942. The molecule has 15 heavy (non-hydrogen) atoms. The second-order valence-electron chi connectivity index (χ2n) is 2.89. The molecule has 0 aliphatic carbocycles. The third-order valence-electron chi connectivity index (χ3n) is 1.68. The molecule has 0 aliphatic rings. The maximum atomic E-state index is 12.7. The third kappa shape index (κ3) is 3.08. The quantitative estimate of drug-likeness (QED) is 0.348. The summed E-state index contributed by atoms with van der Waals surface area (Å²) in [6.45, 7) is 1.48. The average molecular weight is 216 g/mol. The summed E-state index contributed by atoms with van der Waals surface area (Å²) in [5.41, 5.74) is 5.23. The molecule has 0 saturated carbocycles. The van der Waals surface area contributed by atoms with Crippen molar-refractivity contribution in [3.05, 3.63) is 29.8 Å². The minimum atomic E-state index is -0.767. The number of nitrogens with two attached hydrogens (primary N) is 1. The predicted molar refractivity (Wildman–Crippen MR) is 49.9 cm³/mol. The molecule has 0 bridgehead atoms. The molecule has 0 aromatic heterocycles. The first-order valence-electron chi connectivity index (χ1n) is 4.13. The van der Waals surface area contributed by atoms with Gasteiger partial charge in [0.25, 0.3) is 0 Å². The molecule has 0 aliphatic heterocycles. The molecule has 0 saturated heterocycles. The first kappa shape index (κ1) is 11.2. The summed E-state index contributed by atoms with van der Waals surface area (Å²) in [5, 5.41) is 11.0. The average Bonchev–Trinajstić information content (AvgIpc) is 2.14. The molecule has 1 aromatic carbocycles. The Balaban J connectivity index is 2.81. The standard InChI is InChI=1S/C9H10F2N2O2/c1-5(9(12)13-14)15-8-3-6(10)2-7(11)4-8/h2-5,14H,1H3,(H2,12,13). The topological polar surface area (TPSA) is 67.8 Å². The van der Waals surface area contributed by atoms with Crippen molar-refractivity contribution in [1.82, 2.24) is 0 Å². The van der Waals surface area contributed by atoms with Crippen LogP contribution >= 0.6 is 0 Å². The minimum absolute atomic E-state index is 0.0217. The Bertz CT molecular complexity index is 362. The van der Waals surface area contributed by atoms with Gasteiger partial charge in [-0.3, -0.25) is 0 Å². The summed E-state index contributed by atoms with van der Waals surface area (Å²) >= 11 is 0. The largest absolute Gasteiger partial charge is 0.482 e. The van der Waals surface area contributed by atoms with Crippen LogP contribution in [0.4, 0.5) is 8.78 Å². The molecule has 0 radical (unpaired) electrons. The highest BCUT2D eigenvalue weighted by molar-refractivity contribution is 5.84. The van der Waals surface area contributed by atoms with E-state index in [1.807, 2.05) is 0 Å². The number of rotatable bonds is 3. The number of nitrogens with zero attached hydrogens (tertiary/aromatic N) is 1. The van der Waals surface area contributed by atoms with E-state index in [1.54, 1.807) is 0 Å². The van der Waals surface area contributed by atoms with Crippen molar-refractivity contribution in [3.63, 3.8) is 0 Å². The summed E-state index contributed by atoms with van der Waals surface area (Å²) in [6, 6.07) is 2.73. The molecule has 4 nitrogen and oxygen atoms in total. The van der Waals surface area contributed by atoms with Gasteiger partial charge in [-0.2, -0.15) is 0 Å². The molecule has 0 spiro atoms. The molecule has 82 valence electrons. The van der Waals surface area contributed by atoms with Crippen molar-refractivity contribution < 1.29 is 18.7 Å². The van der Waals surface area contributed by atoms with Crippen molar-refractivity contribution >= 4 is 5.84 Å². The van der Waals surface area contributed by atoms with Gasteiger partial charge in [0.15, 0.2) is 11.9 Å². The number of halogens is 2. The SMILES string of the molecule is CC(Oc1cc(F)cc(F)c1)C(N)=NO. The lowest BCUT2D eigenvalue weighted by Crippen LogP contribution is -2.31. The molecule has 1 aromatic rings. The molecule has 1 unspecified atom stereocenters. The summed E-state index contributed by atoms with van der Waals surface area (Å²) in [7, 11) is 0. The van der Waals surface area contributed by atoms with Gasteiger partial charge in [0.2, 0.25) is 0 Å². The number of amidine groups is 1. The van der Waals surface area contributed by atoms with Gasteiger partial charge in [-0.15, -0.1) is 0 Å². The lowest BCUT2D eigenvalue weighted by Gasteiger charge is -2.12. The third-order valence-corrected chi connectivity index (χ3v) is 1.68. The smallest absolute Gasteiger partial charge is 0.180 e. The van der Waals surface area contributed by atoms with Gasteiger partial charge in [-0.05, 0) is 6.92 Å². The van der Waals surface area contributed by atoms with Gasteiger partial charge in [-0.25, -0.2) is 8.78 Å². The van der Waals surface area contributed by atoms with E-state index in [0.29, 0.717) is 0 Å². The Morgan fingerprint density at radius 3 is 2.40 bits per heavy atom. The highest BCUT2D eigenvalue weighted by Gasteiger charge is 2.10. The van der Waals surface area contributed by atoms with Crippen LogP contribution in [0.5, 0.6) is 5.75 Å². The van der Waals surface area contributed by atoms with Gasteiger partial charge < -0.3 is 15.7 Å². The van der Waals surface area contributed by atoms with Crippen LogP contribution in [0.15, 0.2) is 23.4 Å². The summed E-state index contributed by atoms with van der Waals surface area (Å²) in [6.07, 6.45) is -0.767. The van der Waals surface area contributed by atoms with Crippen LogP contribution in [0, 0.1) is 11.6 Å². The Labute approximate surface area is 85.0 Å². The Morgan fingerprint density at radius 2 is 1.93 bits per heavy atom. The Morgan fingerprint density at radius 1 is 1.40 bits per heavy atom. The van der Waals surface area contributed by atoms with Gasteiger partial charge in [-0.1, -0.05) is 5.16 Å². The number of hydrogen-bond donors (Lipinski definition) is 2. The van der Waals surface area contributed by atoms with Crippen molar-refractivity contribution in [2.24, 2.45) is 10.9 Å². The van der Waals surface area contributed by atoms with E-state index in [9.17, 15) is 8.78 Å². The molecule has 0 heterocycles. The maximum Gasteiger partial charge on any atom is 0.180 e. The van der Waals surface area contributed by atoms with Crippen molar-refractivity contribution in [3.8, 4) is 5.75 Å². The number of benzene rings is 1. The molecule has 1 rings (SSSR count). The lowest BCUT2D eigenvalue weighted by atomic mass is 10.3. The fourth-order valence-corrected chi connectivity index (χ4v) is 0.942. The number of oxime groups is 1. The number of ether oxygens (including phenoxy) is 1. The molecule has 3 N–H and O–H groups in total. The second-order valence-corrected chi connectivity index (χ2v) is 2.89. The van der Waals surface area contributed by atoms with E-state index >= 15 is 0 Å². The van der Waals surface area contributed by atoms with Crippen LogP contribution in [0.25, 0.3) is 0 Å². The highest BCUT2D eigenvalue weighted by atomic mass is 19.1. The van der Waals surface area contributed by atoms with E-state index < -0.39 is 17.7 Å². The number of hydrogen-bond acceptors (Lipinski definition) is 3. The van der Waals surface area contributed by atoms with Crippen molar-refractivity contribution in [2.75, 3.05) is 0 Å². The molecule has 0 amide bonds. The van der Waals surface area contributed by atoms with E-state index in [-0.39, 0.29) is 11.6 Å². The summed E-state index contributed by atoms with van der Waals surface area (Å²) in [4.78, 5) is 0. The molecular weight excluding hydrogens is 206 g/mol. The van der Waals surface area contributed by atoms with Crippen molar-refractivity contribution in [1.29, 1.82) is 0 Å². The van der Waals surface area contributed by atoms with Crippen LogP contribution in [-0.2, 0) is 0 Å². The zero-order chi connectivity index (χ0) is 11.4. The van der Waals surface area contributed by atoms with Crippen molar-refractivity contribution in [2.45, 2.75) is 13.0 Å². The van der Waals surface area contributed by atoms with Gasteiger partial charge >= 0.3 is 0 Å². The molecule has 6 heteroatoms. The Kier molecular flexibility index (Phi) is 3.43. The maximum absolute atomic E-state index is 12.7. The van der Waals surface area contributed by atoms with Crippen LogP contribution in [0.1, 0.15) is 6.92 Å². The predicted octanol–water partition coefficient (Wildman–Crippen LogP) is 1.48. The van der Waals surface area contributed by atoms with Gasteiger partial charge in [0.05, 0.1) is 0 Å².